The molecule has 132 valence electrons. The predicted molar refractivity (Wildman–Crippen MR) is 107 cm³/mol. The van der Waals surface area contributed by atoms with Crippen LogP contribution in [0.5, 0.6) is 0 Å². The lowest BCUT2D eigenvalue weighted by Crippen LogP contribution is -2.08. The third-order valence-electron chi connectivity index (χ3n) is 4.67. The Kier molecular flexibility index (Phi) is 3.39. The molecule has 0 unspecified atom stereocenters. The molecule has 0 saturated carbocycles. The number of H-pyrrole nitrogens is 2. The third-order valence-corrected chi connectivity index (χ3v) is 4.67. The van der Waals surface area contributed by atoms with Gasteiger partial charge in [0.25, 0.3) is 0 Å². The number of nitrogens with one attached hydrogen (secondary N) is 2. The first-order valence-corrected chi connectivity index (χ1v) is 8.59. The Hall–Kier alpha value is -3.74. The van der Waals surface area contributed by atoms with Gasteiger partial charge in [-0.1, -0.05) is 0 Å². The van der Waals surface area contributed by atoms with Crippen molar-refractivity contribution in [3.8, 4) is 22.5 Å². The van der Waals surface area contributed by atoms with Gasteiger partial charge in [-0.15, -0.1) is 0 Å². The van der Waals surface area contributed by atoms with Gasteiger partial charge in [0.05, 0.1) is 23.3 Å². The summed E-state index contributed by atoms with van der Waals surface area (Å²) >= 11 is 0. The number of nitrogens with zero attached hydrogens (tertiary/aromatic N) is 5. The van der Waals surface area contributed by atoms with Crippen LogP contribution in [0, 0.1) is 0 Å². The van der Waals surface area contributed by atoms with Crippen LogP contribution in [0.15, 0.2) is 55.2 Å². The van der Waals surface area contributed by atoms with E-state index in [9.17, 15) is 0 Å². The Morgan fingerprint density at radius 1 is 0.926 bits per heavy atom. The number of rotatable bonds is 3. The van der Waals surface area contributed by atoms with Crippen molar-refractivity contribution >= 4 is 27.6 Å². The zero-order chi connectivity index (χ0) is 18.4. The van der Waals surface area contributed by atoms with Crippen LogP contribution in [-0.2, 0) is 0 Å². The molecule has 5 aromatic heterocycles. The Morgan fingerprint density at radius 3 is 2.67 bits per heavy atom. The third kappa shape index (κ3) is 2.60. The summed E-state index contributed by atoms with van der Waals surface area (Å²) in [5.74, 6) is 0. The average molecular weight is 355 g/mol. The minimum Gasteiger partial charge on any atom is -0.376 e. The van der Waals surface area contributed by atoms with Crippen molar-refractivity contribution in [1.82, 2.24) is 30.1 Å². The van der Waals surface area contributed by atoms with Crippen LogP contribution >= 0.6 is 0 Å². The summed E-state index contributed by atoms with van der Waals surface area (Å²) in [6.07, 6.45) is 9.15. The molecule has 0 saturated heterocycles. The van der Waals surface area contributed by atoms with Gasteiger partial charge in [0.15, 0.2) is 5.65 Å². The Morgan fingerprint density at radius 2 is 1.81 bits per heavy atom. The molecule has 0 spiro atoms. The molecule has 0 radical (unpaired) electrons. The number of hydrogen-bond donors (Lipinski definition) is 2. The van der Waals surface area contributed by atoms with E-state index in [1.165, 1.54) is 0 Å². The monoisotopic (exact) mass is 355 g/mol. The molecule has 0 amide bonds. The zero-order valence-corrected chi connectivity index (χ0v) is 14.9. The van der Waals surface area contributed by atoms with Crippen LogP contribution < -0.4 is 4.90 Å². The van der Waals surface area contributed by atoms with E-state index in [4.69, 9.17) is 0 Å². The first kappa shape index (κ1) is 15.5. The summed E-state index contributed by atoms with van der Waals surface area (Å²) in [6.45, 7) is 0. The number of aromatic amines is 2. The number of anilines is 1. The van der Waals surface area contributed by atoms with Crippen molar-refractivity contribution in [2.45, 2.75) is 0 Å². The van der Waals surface area contributed by atoms with Gasteiger partial charge < -0.3 is 9.88 Å². The lowest BCUT2D eigenvalue weighted by atomic mass is 10.1. The van der Waals surface area contributed by atoms with Crippen LogP contribution in [0.4, 0.5) is 5.69 Å². The maximum atomic E-state index is 4.52. The van der Waals surface area contributed by atoms with Crippen LogP contribution in [0.1, 0.15) is 0 Å². The summed E-state index contributed by atoms with van der Waals surface area (Å²) in [6, 6.07) is 8.22. The molecule has 0 aliphatic heterocycles. The van der Waals surface area contributed by atoms with Crippen LogP contribution in [0.25, 0.3) is 44.5 Å². The van der Waals surface area contributed by atoms with Crippen molar-refractivity contribution in [1.29, 1.82) is 0 Å². The fourth-order valence-electron chi connectivity index (χ4n) is 3.20. The largest absolute Gasteiger partial charge is 0.376 e. The lowest BCUT2D eigenvalue weighted by Gasteiger charge is -2.12. The van der Waals surface area contributed by atoms with E-state index in [-0.39, 0.29) is 0 Å². The van der Waals surface area contributed by atoms with E-state index in [1.807, 2.05) is 49.8 Å². The van der Waals surface area contributed by atoms with E-state index in [1.54, 1.807) is 6.20 Å². The molecule has 2 N–H and O–H groups in total. The molecule has 0 fully saturated rings. The van der Waals surface area contributed by atoms with Gasteiger partial charge in [0, 0.05) is 66.3 Å². The molecule has 0 aliphatic carbocycles. The van der Waals surface area contributed by atoms with Gasteiger partial charge in [0.1, 0.15) is 0 Å². The summed E-state index contributed by atoms with van der Waals surface area (Å²) in [5.41, 5.74) is 6.65. The van der Waals surface area contributed by atoms with E-state index in [0.29, 0.717) is 5.65 Å². The number of fused-ring (bicyclic) bond motifs is 2. The Balaban J connectivity index is 1.65. The highest BCUT2D eigenvalue weighted by Crippen LogP contribution is 2.31. The van der Waals surface area contributed by atoms with Gasteiger partial charge in [0.2, 0.25) is 0 Å². The van der Waals surface area contributed by atoms with Crippen LogP contribution in [0.3, 0.4) is 0 Å². The first-order valence-electron chi connectivity index (χ1n) is 8.59. The molecule has 0 aromatic carbocycles. The number of aromatic nitrogens is 6. The number of hydrogen-bond acceptors (Lipinski definition) is 5. The molecular weight excluding hydrogens is 338 g/mol. The minimum atomic E-state index is 0.683. The molecule has 7 heteroatoms. The van der Waals surface area contributed by atoms with Crippen molar-refractivity contribution in [3.05, 3.63) is 55.2 Å². The number of pyridine rings is 3. The van der Waals surface area contributed by atoms with Crippen molar-refractivity contribution in [3.63, 3.8) is 0 Å². The molecule has 0 aliphatic rings. The van der Waals surface area contributed by atoms with Gasteiger partial charge in [-0.25, -0.2) is 4.98 Å². The van der Waals surface area contributed by atoms with Gasteiger partial charge >= 0.3 is 0 Å². The molecule has 7 nitrogen and oxygen atoms in total. The molecule has 5 heterocycles. The fourth-order valence-corrected chi connectivity index (χ4v) is 3.20. The summed E-state index contributed by atoms with van der Waals surface area (Å²) in [7, 11) is 4.00. The molecule has 27 heavy (non-hydrogen) atoms. The molecule has 0 atom stereocenters. The Bertz CT molecular complexity index is 1230. The zero-order valence-electron chi connectivity index (χ0n) is 14.9. The normalized spacial score (nSPS) is 11.3. The second-order valence-electron chi connectivity index (χ2n) is 6.67. The topological polar surface area (TPSA) is 86.4 Å². The average Bonchev–Trinajstić information content (AvgIpc) is 3.31. The highest BCUT2D eigenvalue weighted by Gasteiger charge is 2.13. The standard InChI is InChI=1S/C20H17N7/c1-27(2)15-5-12(8-22-11-15)13-6-16-19(25-26-20(16)23-10-13)18-7-14-9-21-4-3-17(14)24-18/h3-11,24H,1-2H3,(H,23,25,26). The molecule has 5 rings (SSSR count). The molecule has 5 aromatic rings. The van der Waals surface area contributed by atoms with Crippen molar-refractivity contribution < 1.29 is 0 Å². The van der Waals surface area contributed by atoms with Crippen molar-refractivity contribution in [2.75, 3.05) is 19.0 Å². The highest BCUT2D eigenvalue weighted by molar-refractivity contribution is 5.95. The van der Waals surface area contributed by atoms with Crippen molar-refractivity contribution in [2.24, 2.45) is 0 Å². The van der Waals surface area contributed by atoms with E-state index in [0.717, 1.165) is 44.5 Å². The van der Waals surface area contributed by atoms with Gasteiger partial charge in [-0.3, -0.25) is 15.1 Å². The fraction of sp³-hybridized carbons (Fsp3) is 0.100. The van der Waals surface area contributed by atoms with Crippen LogP contribution in [-0.4, -0.2) is 44.2 Å². The van der Waals surface area contributed by atoms with E-state index < -0.39 is 0 Å². The second kappa shape index (κ2) is 5.91. The van der Waals surface area contributed by atoms with Crippen LogP contribution in [0.2, 0.25) is 0 Å². The van der Waals surface area contributed by atoms with Gasteiger partial charge in [-0.2, -0.15) is 5.10 Å². The smallest absolute Gasteiger partial charge is 0.181 e. The maximum absolute atomic E-state index is 4.52. The summed E-state index contributed by atoms with van der Waals surface area (Å²) in [4.78, 5) is 18.5. The lowest BCUT2D eigenvalue weighted by molar-refractivity contribution is 1.10. The summed E-state index contributed by atoms with van der Waals surface area (Å²) in [5, 5.41) is 9.48. The second-order valence-corrected chi connectivity index (χ2v) is 6.67. The van der Waals surface area contributed by atoms with E-state index >= 15 is 0 Å². The highest BCUT2D eigenvalue weighted by atomic mass is 15.2. The van der Waals surface area contributed by atoms with Gasteiger partial charge in [-0.05, 0) is 24.3 Å². The molecular formula is C20H17N7. The Labute approximate surface area is 155 Å². The van der Waals surface area contributed by atoms with E-state index in [2.05, 4.69) is 48.3 Å². The predicted octanol–water partition coefficient (Wildman–Crippen LogP) is 3.63. The quantitative estimate of drug-likeness (QED) is 0.516. The first-order chi connectivity index (χ1) is 13.2. The SMILES string of the molecule is CN(C)c1cncc(-c2cnc3n[nH]c(-c4cc5cnccc5[nH]4)c3c2)c1. The maximum Gasteiger partial charge on any atom is 0.181 e. The minimum absolute atomic E-state index is 0.683. The molecule has 0 bridgehead atoms. The summed E-state index contributed by atoms with van der Waals surface area (Å²) < 4.78 is 0.